The second kappa shape index (κ2) is 11.0. The summed E-state index contributed by atoms with van der Waals surface area (Å²) >= 11 is 0. The zero-order valence-electron chi connectivity index (χ0n) is 15.2. The smallest absolute Gasteiger partial charge is 0.191 e. The summed E-state index contributed by atoms with van der Waals surface area (Å²) in [5.74, 6) is 0.824. The Kier molecular flexibility index (Phi) is 8.60. The Hall–Kier alpha value is -1.62. The Bertz CT molecular complexity index is 496. The Labute approximate surface area is 146 Å². The molecule has 1 saturated carbocycles. The highest BCUT2D eigenvalue weighted by atomic mass is 16.5. The van der Waals surface area contributed by atoms with Crippen LogP contribution in [-0.2, 0) is 11.3 Å². The maximum absolute atomic E-state index is 6.01. The average molecular weight is 332 g/mol. The Morgan fingerprint density at radius 1 is 1.21 bits per heavy atom. The average Bonchev–Trinajstić information content (AvgIpc) is 2.85. The predicted molar refractivity (Wildman–Crippen MR) is 99.2 cm³/mol. The van der Waals surface area contributed by atoms with Gasteiger partial charge in [-0.25, -0.2) is 4.99 Å². The monoisotopic (exact) mass is 332 g/mol. The zero-order chi connectivity index (χ0) is 17.0. The van der Waals surface area contributed by atoms with E-state index in [0.29, 0.717) is 12.6 Å². The van der Waals surface area contributed by atoms with Crippen molar-refractivity contribution in [2.24, 2.45) is 4.99 Å². The standard InChI is InChI=1S/C19H32N4O/c1-3-20-19(22-15-17-10-8-9-16(2)23-17)21-13-14-24-18-11-6-4-5-7-12-18/h8-10,18H,3-7,11-15H2,1-2H3,(H2,20,21,22). The van der Waals surface area contributed by atoms with Crippen LogP contribution in [0.2, 0.25) is 0 Å². The van der Waals surface area contributed by atoms with Gasteiger partial charge in [0.05, 0.1) is 24.9 Å². The number of rotatable bonds is 7. The summed E-state index contributed by atoms with van der Waals surface area (Å²) in [6, 6.07) is 6.03. The highest BCUT2D eigenvalue weighted by Gasteiger charge is 2.12. The maximum atomic E-state index is 6.01. The normalized spacial score (nSPS) is 16.7. The van der Waals surface area contributed by atoms with E-state index < -0.39 is 0 Å². The molecule has 5 nitrogen and oxygen atoms in total. The molecule has 0 spiro atoms. The molecule has 1 aromatic rings. The summed E-state index contributed by atoms with van der Waals surface area (Å²) < 4.78 is 6.01. The second-order valence-electron chi connectivity index (χ2n) is 6.38. The summed E-state index contributed by atoms with van der Waals surface area (Å²) in [5.41, 5.74) is 2.01. The van der Waals surface area contributed by atoms with Gasteiger partial charge in [0.15, 0.2) is 5.96 Å². The fraction of sp³-hybridized carbons (Fsp3) is 0.684. The molecular formula is C19H32N4O. The van der Waals surface area contributed by atoms with E-state index in [1.165, 1.54) is 38.5 Å². The molecule has 1 aliphatic rings. The molecule has 0 atom stereocenters. The minimum atomic E-state index is 0.449. The van der Waals surface area contributed by atoms with E-state index >= 15 is 0 Å². The van der Waals surface area contributed by atoms with Crippen LogP contribution in [0.1, 0.15) is 56.8 Å². The molecule has 0 aliphatic heterocycles. The SMILES string of the molecule is CCNC(=NCc1cccc(C)n1)NCCOC1CCCCCC1. The van der Waals surface area contributed by atoms with Gasteiger partial charge < -0.3 is 15.4 Å². The fourth-order valence-corrected chi connectivity index (χ4v) is 2.99. The van der Waals surface area contributed by atoms with Crippen LogP contribution in [0.3, 0.4) is 0 Å². The number of nitrogens with one attached hydrogen (secondary N) is 2. The van der Waals surface area contributed by atoms with Crippen molar-refractivity contribution < 1.29 is 4.74 Å². The molecule has 2 N–H and O–H groups in total. The van der Waals surface area contributed by atoms with E-state index in [0.717, 1.165) is 37.0 Å². The van der Waals surface area contributed by atoms with Crippen LogP contribution < -0.4 is 10.6 Å². The Morgan fingerprint density at radius 3 is 2.71 bits per heavy atom. The first-order chi connectivity index (χ1) is 11.8. The predicted octanol–water partition coefficient (Wildman–Crippen LogP) is 3.18. The molecule has 0 aromatic carbocycles. The van der Waals surface area contributed by atoms with Crippen molar-refractivity contribution in [2.75, 3.05) is 19.7 Å². The van der Waals surface area contributed by atoms with E-state index in [1.807, 2.05) is 25.1 Å². The van der Waals surface area contributed by atoms with E-state index in [2.05, 4.69) is 27.5 Å². The number of hydrogen-bond acceptors (Lipinski definition) is 3. The number of ether oxygens (including phenoxy) is 1. The number of aliphatic imine (C=N–C) groups is 1. The van der Waals surface area contributed by atoms with Crippen LogP contribution in [0.4, 0.5) is 0 Å². The number of aromatic nitrogens is 1. The highest BCUT2D eigenvalue weighted by Crippen LogP contribution is 2.19. The van der Waals surface area contributed by atoms with E-state index in [-0.39, 0.29) is 0 Å². The lowest BCUT2D eigenvalue weighted by molar-refractivity contribution is 0.0468. The third kappa shape index (κ3) is 7.30. The van der Waals surface area contributed by atoms with Crippen LogP contribution in [0.5, 0.6) is 0 Å². The number of nitrogens with zero attached hydrogens (tertiary/aromatic N) is 2. The minimum absolute atomic E-state index is 0.449. The van der Waals surface area contributed by atoms with Gasteiger partial charge in [0.1, 0.15) is 0 Å². The maximum Gasteiger partial charge on any atom is 0.191 e. The van der Waals surface area contributed by atoms with Gasteiger partial charge >= 0.3 is 0 Å². The number of aryl methyl sites for hydroxylation is 1. The third-order valence-corrected chi connectivity index (χ3v) is 4.24. The number of guanidine groups is 1. The zero-order valence-corrected chi connectivity index (χ0v) is 15.2. The first-order valence-electron chi connectivity index (χ1n) is 9.34. The van der Waals surface area contributed by atoms with Crippen molar-refractivity contribution in [1.82, 2.24) is 15.6 Å². The molecule has 0 amide bonds. The van der Waals surface area contributed by atoms with Crippen molar-refractivity contribution in [1.29, 1.82) is 0 Å². The molecule has 134 valence electrons. The van der Waals surface area contributed by atoms with Crippen LogP contribution >= 0.6 is 0 Å². The molecule has 1 aliphatic carbocycles. The molecular weight excluding hydrogens is 300 g/mol. The van der Waals surface area contributed by atoms with Crippen LogP contribution in [0, 0.1) is 6.92 Å². The quantitative estimate of drug-likeness (QED) is 0.348. The lowest BCUT2D eigenvalue weighted by Gasteiger charge is -2.16. The topological polar surface area (TPSA) is 58.5 Å². The Morgan fingerprint density at radius 2 is 2.00 bits per heavy atom. The fourth-order valence-electron chi connectivity index (χ4n) is 2.99. The molecule has 5 heteroatoms. The van der Waals surface area contributed by atoms with Gasteiger partial charge in [-0.1, -0.05) is 31.7 Å². The molecule has 0 radical (unpaired) electrons. The highest BCUT2D eigenvalue weighted by molar-refractivity contribution is 5.79. The van der Waals surface area contributed by atoms with Gasteiger partial charge in [0, 0.05) is 18.8 Å². The summed E-state index contributed by atoms with van der Waals surface area (Å²) in [6.07, 6.45) is 8.23. The Balaban J connectivity index is 1.72. The van der Waals surface area contributed by atoms with Crippen molar-refractivity contribution in [3.8, 4) is 0 Å². The summed E-state index contributed by atoms with van der Waals surface area (Å²) in [6.45, 7) is 7.02. The second-order valence-corrected chi connectivity index (χ2v) is 6.38. The largest absolute Gasteiger partial charge is 0.376 e. The van der Waals surface area contributed by atoms with Gasteiger partial charge in [-0.2, -0.15) is 0 Å². The van der Waals surface area contributed by atoms with Crippen molar-refractivity contribution >= 4 is 5.96 Å². The van der Waals surface area contributed by atoms with E-state index in [9.17, 15) is 0 Å². The molecule has 1 fully saturated rings. The third-order valence-electron chi connectivity index (χ3n) is 4.24. The summed E-state index contributed by atoms with van der Waals surface area (Å²) in [5, 5.41) is 6.62. The summed E-state index contributed by atoms with van der Waals surface area (Å²) in [7, 11) is 0. The van der Waals surface area contributed by atoms with Crippen molar-refractivity contribution in [3.05, 3.63) is 29.6 Å². The van der Waals surface area contributed by atoms with Gasteiger partial charge in [-0.05, 0) is 38.8 Å². The van der Waals surface area contributed by atoms with Crippen LogP contribution in [-0.4, -0.2) is 36.7 Å². The molecule has 0 bridgehead atoms. The minimum Gasteiger partial charge on any atom is -0.376 e. The van der Waals surface area contributed by atoms with E-state index in [4.69, 9.17) is 4.74 Å². The number of pyridine rings is 1. The molecule has 0 saturated heterocycles. The molecule has 1 aromatic heterocycles. The molecule has 0 unspecified atom stereocenters. The van der Waals surface area contributed by atoms with Crippen LogP contribution in [0.15, 0.2) is 23.2 Å². The molecule has 2 rings (SSSR count). The van der Waals surface area contributed by atoms with Crippen molar-refractivity contribution in [3.63, 3.8) is 0 Å². The lowest BCUT2D eigenvalue weighted by Crippen LogP contribution is -2.39. The van der Waals surface area contributed by atoms with Crippen molar-refractivity contribution in [2.45, 2.75) is 65.0 Å². The van der Waals surface area contributed by atoms with Gasteiger partial charge in [0.2, 0.25) is 0 Å². The van der Waals surface area contributed by atoms with Gasteiger partial charge in [0.25, 0.3) is 0 Å². The van der Waals surface area contributed by atoms with Crippen LogP contribution in [0.25, 0.3) is 0 Å². The first-order valence-corrected chi connectivity index (χ1v) is 9.34. The molecule has 1 heterocycles. The van der Waals surface area contributed by atoms with Gasteiger partial charge in [-0.15, -0.1) is 0 Å². The molecule has 24 heavy (non-hydrogen) atoms. The summed E-state index contributed by atoms with van der Waals surface area (Å²) in [4.78, 5) is 9.08. The van der Waals surface area contributed by atoms with E-state index in [1.54, 1.807) is 0 Å². The first kappa shape index (κ1) is 18.7. The van der Waals surface area contributed by atoms with Gasteiger partial charge in [-0.3, -0.25) is 4.98 Å². The lowest BCUT2D eigenvalue weighted by atomic mass is 10.1. The number of hydrogen-bond donors (Lipinski definition) is 2.